The molecule has 9 nitrogen and oxygen atoms in total. The molecule has 2 aliphatic heterocycles. The SMILES string of the molecule is COCCNC(=O)C1COC2(CCN(C(=O)c3ccc(Cl)cc3)CC2)N1C(=O)c1ccco1. The number of halogens is 1. The normalized spacial score (nSPS) is 19.6. The Morgan fingerprint density at radius 1 is 1.15 bits per heavy atom. The van der Waals surface area contributed by atoms with Crippen LogP contribution < -0.4 is 5.32 Å². The first-order chi connectivity index (χ1) is 15.9. The van der Waals surface area contributed by atoms with E-state index in [4.69, 9.17) is 25.5 Å². The van der Waals surface area contributed by atoms with Crippen molar-refractivity contribution >= 4 is 29.3 Å². The van der Waals surface area contributed by atoms with Crippen LogP contribution in [0.15, 0.2) is 47.1 Å². The third kappa shape index (κ3) is 4.75. The van der Waals surface area contributed by atoms with Gasteiger partial charge in [-0.05, 0) is 36.4 Å². The number of nitrogens with zero attached hydrogens (tertiary/aromatic N) is 2. The highest BCUT2D eigenvalue weighted by molar-refractivity contribution is 6.30. The van der Waals surface area contributed by atoms with E-state index in [1.54, 1.807) is 48.4 Å². The summed E-state index contributed by atoms with van der Waals surface area (Å²) in [6.45, 7) is 1.50. The van der Waals surface area contributed by atoms with Crippen molar-refractivity contribution in [1.29, 1.82) is 0 Å². The predicted octanol–water partition coefficient (Wildman–Crippen LogP) is 2.17. The van der Waals surface area contributed by atoms with Gasteiger partial charge < -0.3 is 24.1 Å². The predicted molar refractivity (Wildman–Crippen MR) is 119 cm³/mol. The van der Waals surface area contributed by atoms with Crippen LogP contribution in [0.25, 0.3) is 0 Å². The molecule has 0 saturated carbocycles. The molecule has 176 valence electrons. The fourth-order valence-electron chi connectivity index (χ4n) is 4.31. The van der Waals surface area contributed by atoms with Crippen molar-refractivity contribution in [2.45, 2.75) is 24.6 Å². The lowest BCUT2D eigenvalue weighted by Crippen LogP contribution is -2.59. The average molecular weight is 476 g/mol. The van der Waals surface area contributed by atoms with Gasteiger partial charge in [0.05, 0.1) is 19.5 Å². The number of hydrogen-bond donors (Lipinski definition) is 1. The van der Waals surface area contributed by atoms with Gasteiger partial charge in [0.25, 0.3) is 11.8 Å². The summed E-state index contributed by atoms with van der Waals surface area (Å²) in [4.78, 5) is 42.3. The van der Waals surface area contributed by atoms with Gasteiger partial charge in [0.2, 0.25) is 5.91 Å². The lowest BCUT2D eigenvalue weighted by molar-refractivity contribution is -0.128. The number of hydrogen-bond acceptors (Lipinski definition) is 6. The fourth-order valence-corrected chi connectivity index (χ4v) is 4.44. The molecule has 0 aliphatic carbocycles. The zero-order valence-corrected chi connectivity index (χ0v) is 19.0. The Bertz CT molecular complexity index is 986. The maximum absolute atomic E-state index is 13.3. The molecule has 10 heteroatoms. The van der Waals surface area contributed by atoms with Gasteiger partial charge in [-0.25, -0.2) is 0 Å². The lowest BCUT2D eigenvalue weighted by atomic mass is 9.96. The van der Waals surface area contributed by atoms with Crippen LogP contribution in [-0.2, 0) is 14.3 Å². The average Bonchev–Trinajstić information content (AvgIpc) is 3.48. The largest absolute Gasteiger partial charge is 0.459 e. The number of ether oxygens (including phenoxy) is 2. The van der Waals surface area contributed by atoms with Gasteiger partial charge in [-0.3, -0.25) is 19.3 Å². The molecule has 0 bridgehead atoms. The first kappa shape index (κ1) is 23.3. The number of rotatable bonds is 6. The molecule has 1 aromatic heterocycles. The summed E-state index contributed by atoms with van der Waals surface area (Å²) in [6.07, 6.45) is 2.17. The molecule has 3 amide bonds. The van der Waals surface area contributed by atoms with E-state index in [1.807, 2.05) is 0 Å². The summed E-state index contributed by atoms with van der Waals surface area (Å²) in [5, 5.41) is 3.35. The molecule has 2 aliphatic rings. The van der Waals surface area contributed by atoms with Crippen LogP contribution in [0, 0.1) is 0 Å². The van der Waals surface area contributed by atoms with E-state index in [1.165, 1.54) is 11.2 Å². The molecule has 1 unspecified atom stereocenters. The topological polar surface area (TPSA) is 101 Å². The summed E-state index contributed by atoms with van der Waals surface area (Å²) in [5.74, 6) is -0.711. The number of amides is 3. The summed E-state index contributed by atoms with van der Waals surface area (Å²) >= 11 is 5.93. The van der Waals surface area contributed by atoms with Crippen LogP contribution >= 0.6 is 11.6 Å². The van der Waals surface area contributed by atoms with Gasteiger partial charge in [-0.2, -0.15) is 0 Å². The Kier molecular flexibility index (Phi) is 7.02. The van der Waals surface area contributed by atoms with Crippen LogP contribution in [0.4, 0.5) is 0 Å². The van der Waals surface area contributed by atoms with Crippen molar-refractivity contribution < 1.29 is 28.3 Å². The molecule has 2 saturated heterocycles. The van der Waals surface area contributed by atoms with Gasteiger partial charge in [0, 0.05) is 50.2 Å². The Hall–Kier alpha value is -2.88. The van der Waals surface area contributed by atoms with Gasteiger partial charge in [-0.1, -0.05) is 11.6 Å². The Labute approximate surface area is 196 Å². The third-order valence-electron chi connectivity index (χ3n) is 6.04. The number of nitrogens with one attached hydrogen (secondary N) is 1. The fraction of sp³-hybridized carbons (Fsp3) is 0.435. The molecule has 3 heterocycles. The molecule has 1 N–H and O–H groups in total. The lowest BCUT2D eigenvalue weighted by Gasteiger charge is -2.44. The highest BCUT2D eigenvalue weighted by Gasteiger charge is 2.54. The van der Waals surface area contributed by atoms with E-state index < -0.39 is 17.7 Å². The van der Waals surface area contributed by atoms with E-state index in [0.29, 0.717) is 49.7 Å². The van der Waals surface area contributed by atoms with Crippen molar-refractivity contribution in [3.05, 3.63) is 59.0 Å². The number of piperidine rings is 1. The zero-order valence-electron chi connectivity index (χ0n) is 18.3. The van der Waals surface area contributed by atoms with Crippen LogP contribution in [0.5, 0.6) is 0 Å². The monoisotopic (exact) mass is 475 g/mol. The number of furan rings is 1. The minimum absolute atomic E-state index is 0.0659. The molecule has 1 aromatic carbocycles. The molecule has 2 aromatic rings. The van der Waals surface area contributed by atoms with Gasteiger partial charge in [0.1, 0.15) is 11.8 Å². The quantitative estimate of drug-likeness (QED) is 0.642. The van der Waals surface area contributed by atoms with Gasteiger partial charge in [-0.15, -0.1) is 0 Å². The molecule has 1 atom stereocenters. The van der Waals surface area contributed by atoms with E-state index in [0.717, 1.165) is 0 Å². The first-order valence-corrected chi connectivity index (χ1v) is 11.2. The van der Waals surface area contributed by atoms with Crippen molar-refractivity contribution in [2.24, 2.45) is 0 Å². The highest BCUT2D eigenvalue weighted by Crippen LogP contribution is 2.38. The van der Waals surface area contributed by atoms with E-state index in [9.17, 15) is 14.4 Å². The number of carbonyl (C=O) groups is 3. The second-order valence-corrected chi connectivity index (χ2v) is 8.44. The van der Waals surface area contributed by atoms with Crippen molar-refractivity contribution in [3.63, 3.8) is 0 Å². The number of likely N-dealkylation sites (tertiary alicyclic amines) is 1. The Morgan fingerprint density at radius 3 is 2.52 bits per heavy atom. The van der Waals surface area contributed by atoms with Crippen LogP contribution in [0.2, 0.25) is 5.02 Å². The van der Waals surface area contributed by atoms with E-state index >= 15 is 0 Å². The smallest absolute Gasteiger partial charge is 0.292 e. The molecule has 33 heavy (non-hydrogen) atoms. The summed E-state index contributed by atoms with van der Waals surface area (Å²) < 4.78 is 16.4. The molecular formula is C23H26ClN3O6. The molecule has 0 radical (unpaired) electrons. The van der Waals surface area contributed by atoms with Crippen molar-refractivity contribution in [2.75, 3.05) is 40.0 Å². The van der Waals surface area contributed by atoms with Gasteiger partial charge >= 0.3 is 0 Å². The van der Waals surface area contributed by atoms with Crippen LogP contribution in [0.3, 0.4) is 0 Å². The standard InChI is InChI=1S/C23H26ClN3O6/c1-31-14-10-25-20(28)18-15-33-23(27(18)22(30)19-3-2-13-32-19)8-11-26(12-9-23)21(29)16-4-6-17(24)7-5-16/h2-7,13,18H,8-12,14-15H2,1H3,(H,25,28). The van der Waals surface area contributed by atoms with E-state index in [2.05, 4.69) is 5.32 Å². The maximum atomic E-state index is 13.3. The number of carbonyl (C=O) groups excluding carboxylic acids is 3. The number of methoxy groups -OCH3 is 1. The molecule has 2 fully saturated rings. The summed E-state index contributed by atoms with van der Waals surface area (Å²) in [7, 11) is 1.55. The third-order valence-corrected chi connectivity index (χ3v) is 6.29. The highest BCUT2D eigenvalue weighted by atomic mass is 35.5. The first-order valence-electron chi connectivity index (χ1n) is 10.8. The summed E-state index contributed by atoms with van der Waals surface area (Å²) in [5.41, 5.74) is -0.453. The van der Waals surface area contributed by atoms with Crippen molar-refractivity contribution in [3.8, 4) is 0 Å². The van der Waals surface area contributed by atoms with Crippen LogP contribution in [0.1, 0.15) is 33.8 Å². The zero-order chi connectivity index (χ0) is 23.4. The second kappa shape index (κ2) is 9.94. The van der Waals surface area contributed by atoms with E-state index in [-0.39, 0.29) is 24.2 Å². The number of benzene rings is 1. The Morgan fingerprint density at radius 2 is 1.88 bits per heavy atom. The molecule has 1 spiro atoms. The molecular weight excluding hydrogens is 450 g/mol. The van der Waals surface area contributed by atoms with Gasteiger partial charge in [0.15, 0.2) is 5.76 Å². The Balaban J connectivity index is 1.51. The summed E-state index contributed by atoms with van der Waals surface area (Å²) in [6, 6.07) is 9.11. The molecule has 4 rings (SSSR count). The minimum Gasteiger partial charge on any atom is -0.459 e. The van der Waals surface area contributed by atoms with Crippen LogP contribution in [-0.4, -0.2) is 79.2 Å². The minimum atomic E-state index is -0.996. The maximum Gasteiger partial charge on any atom is 0.292 e. The second-order valence-electron chi connectivity index (χ2n) is 8.01. The van der Waals surface area contributed by atoms with Crippen molar-refractivity contribution in [1.82, 2.24) is 15.1 Å².